The van der Waals surface area contributed by atoms with Crippen LogP contribution in [0.1, 0.15) is 32.8 Å². The highest BCUT2D eigenvalue weighted by Crippen LogP contribution is 2.10. The predicted molar refractivity (Wildman–Crippen MR) is 75.2 cm³/mol. The van der Waals surface area contributed by atoms with Crippen molar-refractivity contribution in [1.82, 2.24) is 5.32 Å². The molecule has 0 aliphatic rings. The molecule has 0 fully saturated rings. The minimum atomic E-state index is -1.04. The number of esters is 1. The molecular formula is C15H21NO4. The van der Waals surface area contributed by atoms with Gasteiger partial charge in [0.25, 0.3) is 0 Å². The Balaban J connectivity index is 2.64. The number of ether oxygens (including phenoxy) is 1. The minimum Gasteiger partial charge on any atom is -0.481 e. The maximum Gasteiger partial charge on any atom is 0.324 e. The van der Waals surface area contributed by atoms with Crippen LogP contribution >= 0.6 is 0 Å². The van der Waals surface area contributed by atoms with Gasteiger partial charge in [0.1, 0.15) is 11.6 Å². The van der Waals surface area contributed by atoms with Crippen LogP contribution < -0.4 is 5.32 Å². The fourth-order valence-electron chi connectivity index (χ4n) is 1.62. The van der Waals surface area contributed by atoms with Crippen LogP contribution in [0.2, 0.25) is 0 Å². The van der Waals surface area contributed by atoms with Gasteiger partial charge < -0.3 is 9.84 Å². The summed E-state index contributed by atoms with van der Waals surface area (Å²) in [5.41, 5.74) is 0.342. The molecule has 5 nitrogen and oxygen atoms in total. The molecule has 1 aromatic rings. The van der Waals surface area contributed by atoms with Gasteiger partial charge in [-0.15, -0.1) is 0 Å². The van der Waals surface area contributed by atoms with Crippen LogP contribution in [-0.4, -0.2) is 28.7 Å². The fraction of sp³-hybridized carbons (Fsp3) is 0.467. The second-order valence-electron chi connectivity index (χ2n) is 5.55. The van der Waals surface area contributed by atoms with Crippen LogP contribution in [-0.2, 0) is 20.9 Å². The Morgan fingerprint density at radius 3 is 2.35 bits per heavy atom. The Bertz CT molecular complexity index is 451. The maximum atomic E-state index is 12.0. The number of carboxylic acids is 1. The van der Waals surface area contributed by atoms with Crippen LogP contribution in [0.3, 0.4) is 0 Å². The summed E-state index contributed by atoms with van der Waals surface area (Å²) < 4.78 is 5.22. The van der Waals surface area contributed by atoms with Crippen molar-refractivity contribution in [1.29, 1.82) is 0 Å². The number of aliphatic carboxylic acids is 1. The van der Waals surface area contributed by atoms with E-state index in [1.54, 1.807) is 20.8 Å². The lowest BCUT2D eigenvalue weighted by molar-refractivity contribution is -0.160. The fourth-order valence-corrected chi connectivity index (χ4v) is 1.62. The van der Waals surface area contributed by atoms with E-state index in [0.29, 0.717) is 6.54 Å². The molecule has 1 unspecified atom stereocenters. The van der Waals surface area contributed by atoms with Gasteiger partial charge in [0, 0.05) is 6.54 Å². The Labute approximate surface area is 118 Å². The molecule has 0 amide bonds. The molecule has 0 saturated carbocycles. The van der Waals surface area contributed by atoms with E-state index in [2.05, 4.69) is 5.32 Å². The molecule has 1 aromatic carbocycles. The first-order valence-corrected chi connectivity index (χ1v) is 6.50. The van der Waals surface area contributed by atoms with Gasteiger partial charge in [0.2, 0.25) is 0 Å². The van der Waals surface area contributed by atoms with Crippen LogP contribution in [0.15, 0.2) is 30.3 Å². The molecule has 5 heteroatoms. The molecule has 0 saturated heterocycles. The second kappa shape index (κ2) is 7.05. The maximum absolute atomic E-state index is 12.0. The zero-order valence-corrected chi connectivity index (χ0v) is 12.1. The first kappa shape index (κ1) is 16.2. The molecule has 0 bridgehead atoms. The molecule has 0 aromatic heterocycles. The van der Waals surface area contributed by atoms with Crippen molar-refractivity contribution in [2.45, 2.75) is 45.4 Å². The summed E-state index contributed by atoms with van der Waals surface area (Å²) in [6, 6.07) is 8.62. The Kier molecular flexibility index (Phi) is 5.70. The van der Waals surface area contributed by atoms with Gasteiger partial charge in [0.05, 0.1) is 6.42 Å². The Hall–Kier alpha value is -1.88. The van der Waals surface area contributed by atoms with Gasteiger partial charge in [-0.3, -0.25) is 14.9 Å². The molecule has 2 N–H and O–H groups in total. The third-order valence-electron chi connectivity index (χ3n) is 2.47. The average molecular weight is 279 g/mol. The second-order valence-corrected chi connectivity index (χ2v) is 5.55. The molecule has 0 heterocycles. The van der Waals surface area contributed by atoms with E-state index in [0.717, 1.165) is 5.56 Å². The van der Waals surface area contributed by atoms with Crippen molar-refractivity contribution in [3.8, 4) is 0 Å². The van der Waals surface area contributed by atoms with E-state index in [4.69, 9.17) is 9.84 Å². The quantitative estimate of drug-likeness (QED) is 0.779. The smallest absolute Gasteiger partial charge is 0.324 e. The van der Waals surface area contributed by atoms with Crippen molar-refractivity contribution in [3.05, 3.63) is 35.9 Å². The molecule has 0 spiro atoms. The number of hydrogen-bond acceptors (Lipinski definition) is 4. The summed E-state index contributed by atoms with van der Waals surface area (Å²) in [6.07, 6.45) is -0.304. The topological polar surface area (TPSA) is 75.6 Å². The van der Waals surface area contributed by atoms with Crippen LogP contribution in [0, 0.1) is 0 Å². The summed E-state index contributed by atoms with van der Waals surface area (Å²) in [4.78, 5) is 22.8. The van der Waals surface area contributed by atoms with E-state index >= 15 is 0 Å². The average Bonchev–Trinajstić information content (AvgIpc) is 2.33. The number of carboxylic acid groups (broad SMARTS) is 1. The highest BCUT2D eigenvalue weighted by molar-refractivity contribution is 5.82. The van der Waals surface area contributed by atoms with E-state index in [9.17, 15) is 9.59 Å². The van der Waals surface area contributed by atoms with E-state index in [-0.39, 0.29) is 6.42 Å². The van der Waals surface area contributed by atoms with Crippen LogP contribution in [0.5, 0.6) is 0 Å². The highest BCUT2D eigenvalue weighted by Gasteiger charge is 2.26. The minimum absolute atomic E-state index is 0.304. The molecule has 0 radical (unpaired) electrons. The van der Waals surface area contributed by atoms with Crippen LogP contribution in [0.25, 0.3) is 0 Å². The first-order chi connectivity index (χ1) is 9.28. The first-order valence-electron chi connectivity index (χ1n) is 6.50. The van der Waals surface area contributed by atoms with E-state index < -0.39 is 23.6 Å². The van der Waals surface area contributed by atoms with Gasteiger partial charge in [-0.2, -0.15) is 0 Å². The summed E-state index contributed by atoms with van der Waals surface area (Å²) in [6.45, 7) is 5.66. The Morgan fingerprint density at radius 2 is 1.85 bits per heavy atom. The SMILES string of the molecule is CC(C)(C)OC(=O)C(CC(=O)O)NCc1ccccc1. The lowest BCUT2D eigenvalue weighted by atomic mass is 10.1. The van der Waals surface area contributed by atoms with Crippen LogP contribution in [0.4, 0.5) is 0 Å². The lowest BCUT2D eigenvalue weighted by Crippen LogP contribution is -2.42. The third kappa shape index (κ3) is 6.33. The molecule has 1 rings (SSSR count). The molecule has 0 aliphatic heterocycles. The number of benzene rings is 1. The number of carbonyl (C=O) groups excluding carboxylic acids is 1. The van der Waals surface area contributed by atoms with Crippen molar-refractivity contribution >= 4 is 11.9 Å². The molecular weight excluding hydrogens is 258 g/mol. The number of rotatable bonds is 6. The monoisotopic (exact) mass is 279 g/mol. The van der Waals surface area contributed by atoms with Gasteiger partial charge >= 0.3 is 11.9 Å². The van der Waals surface area contributed by atoms with E-state index in [1.807, 2.05) is 30.3 Å². The lowest BCUT2D eigenvalue weighted by Gasteiger charge is -2.24. The molecule has 0 aliphatic carbocycles. The van der Waals surface area contributed by atoms with Gasteiger partial charge in [-0.1, -0.05) is 30.3 Å². The number of hydrogen-bond donors (Lipinski definition) is 2. The summed E-state index contributed by atoms with van der Waals surface area (Å²) in [5, 5.41) is 11.8. The normalized spacial score (nSPS) is 12.8. The summed E-state index contributed by atoms with van der Waals surface area (Å²) in [5.74, 6) is -1.59. The summed E-state index contributed by atoms with van der Waals surface area (Å²) in [7, 11) is 0. The molecule has 20 heavy (non-hydrogen) atoms. The zero-order valence-electron chi connectivity index (χ0n) is 12.1. The molecule has 110 valence electrons. The largest absolute Gasteiger partial charge is 0.481 e. The van der Waals surface area contributed by atoms with Crippen molar-refractivity contribution < 1.29 is 19.4 Å². The zero-order chi connectivity index (χ0) is 15.2. The highest BCUT2D eigenvalue weighted by atomic mass is 16.6. The van der Waals surface area contributed by atoms with Crippen molar-refractivity contribution in [3.63, 3.8) is 0 Å². The Morgan fingerprint density at radius 1 is 1.25 bits per heavy atom. The van der Waals surface area contributed by atoms with Gasteiger partial charge in [-0.05, 0) is 26.3 Å². The van der Waals surface area contributed by atoms with Gasteiger partial charge in [0.15, 0.2) is 0 Å². The van der Waals surface area contributed by atoms with Crippen molar-refractivity contribution in [2.24, 2.45) is 0 Å². The number of carbonyl (C=O) groups is 2. The third-order valence-corrected chi connectivity index (χ3v) is 2.47. The van der Waals surface area contributed by atoms with Gasteiger partial charge in [-0.25, -0.2) is 0 Å². The van der Waals surface area contributed by atoms with E-state index in [1.165, 1.54) is 0 Å². The van der Waals surface area contributed by atoms with Crippen molar-refractivity contribution in [2.75, 3.05) is 0 Å². The number of nitrogens with one attached hydrogen (secondary N) is 1. The predicted octanol–water partition coefficient (Wildman–Crippen LogP) is 1.96. The standard InChI is InChI=1S/C15H21NO4/c1-15(2,3)20-14(19)12(9-13(17)18)16-10-11-7-5-4-6-8-11/h4-8,12,16H,9-10H2,1-3H3,(H,17,18). The molecule has 1 atom stereocenters. The summed E-state index contributed by atoms with van der Waals surface area (Å²) >= 11 is 0.